The summed E-state index contributed by atoms with van der Waals surface area (Å²) in [5.74, 6) is 1.09. The lowest BCUT2D eigenvalue weighted by Crippen LogP contribution is -2.25. The highest BCUT2D eigenvalue weighted by Crippen LogP contribution is 2.09. The summed E-state index contributed by atoms with van der Waals surface area (Å²) in [5.41, 5.74) is 0. The number of nitrogens with one attached hydrogen (secondary N) is 1. The number of amides is 1. The van der Waals surface area contributed by atoms with E-state index in [0.717, 1.165) is 5.76 Å². The van der Waals surface area contributed by atoms with Crippen LogP contribution in [0.1, 0.15) is 12.7 Å². The van der Waals surface area contributed by atoms with Gasteiger partial charge in [-0.25, -0.2) is 0 Å². The Kier molecular flexibility index (Phi) is 6.35. The molecule has 100 valence electrons. The molecule has 0 spiro atoms. The largest absolute Gasteiger partial charge is 0.469 e. The number of carbonyl (C=O) groups is 2. The van der Waals surface area contributed by atoms with Crippen LogP contribution in [-0.2, 0) is 20.9 Å². The molecule has 0 aliphatic carbocycles. The minimum Gasteiger partial charge on any atom is -0.469 e. The lowest BCUT2D eigenvalue weighted by Gasteiger charge is -2.08. The topological polar surface area (TPSA) is 68.5 Å². The van der Waals surface area contributed by atoms with Crippen molar-refractivity contribution in [2.75, 3.05) is 18.6 Å². The monoisotopic (exact) mass is 271 g/mol. The first kappa shape index (κ1) is 14.6. The van der Waals surface area contributed by atoms with E-state index in [4.69, 9.17) is 4.42 Å². The molecule has 0 aliphatic rings. The summed E-state index contributed by atoms with van der Waals surface area (Å²) in [6.07, 6.45) is 1.56. The first-order valence-corrected chi connectivity index (χ1v) is 6.73. The van der Waals surface area contributed by atoms with Crippen LogP contribution in [0, 0.1) is 5.92 Å². The van der Waals surface area contributed by atoms with E-state index in [0.29, 0.717) is 18.1 Å². The van der Waals surface area contributed by atoms with Crippen molar-refractivity contribution in [2.45, 2.75) is 13.5 Å². The van der Waals surface area contributed by atoms with Crippen molar-refractivity contribution in [3.8, 4) is 0 Å². The van der Waals surface area contributed by atoms with E-state index in [2.05, 4.69) is 10.1 Å². The number of ether oxygens (including phenoxy) is 1. The molecule has 0 aliphatic heterocycles. The summed E-state index contributed by atoms with van der Waals surface area (Å²) < 4.78 is 9.69. The number of carbonyl (C=O) groups excluding carboxylic acids is 2. The van der Waals surface area contributed by atoms with E-state index in [1.165, 1.54) is 18.9 Å². The Balaban J connectivity index is 2.12. The van der Waals surface area contributed by atoms with Gasteiger partial charge in [0.15, 0.2) is 0 Å². The van der Waals surface area contributed by atoms with E-state index >= 15 is 0 Å². The molecule has 1 atom stereocenters. The number of methoxy groups -OCH3 is 1. The summed E-state index contributed by atoms with van der Waals surface area (Å²) in [5, 5.41) is 2.73. The highest BCUT2D eigenvalue weighted by molar-refractivity contribution is 7.99. The van der Waals surface area contributed by atoms with Gasteiger partial charge in [0.2, 0.25) is 5.91 Å². The molecule has 0 saturated heterocycles. The van der Waals surface area contributed by atoms with E-state index < -0.39 is 0 Å². The molecule has 18 heavy (non-hydrogen) atoms. The van der Waals surface area contributed by atoms with Crippen LogP contribution in [0.15, 0.2) is 22.8 Å². The second-order valence-corrected chi connectivity index (χ2v) is 4.83. The number of esters is 1. The smallest absolute Gasteiger partial charge is 0.309 e. The minimum atomic E-state index is -0.251. The van der Waals surface area contributed by atoms with Gasteiger partial charge >= 0.3 is 5.97 Å². The maximum Gasteiger partial charge on any atom is 0.309 e. The number of furan rings is 1. The molecule has 1 heterocycles. The second kappa shape index (κ2) is 7.81. The maximum absolute atomic E-state index is 11.5. The first-order valence-electron chi connectivity index (χ1n) is 5.58. The highest BCUT2D eigenvalue weighted by Gasteiger charge is 2.13. The third-order valence-corrected chi connectivity index (χ3v) is 3.45. The van der Waals surface area contributed by atoms with Crippen LogP contribution in [0.3, 0.4) is 0 Å². The molecule has 1 aromatic rings. The quantitative estimate of drug-likeness (QED) is 0.760. The summed E-state index contributed by atoms with van der Waals surface area (Å²) in [4.78, 5) is 22.6. The predicted octanol–water partition coefficient (Wildman–Crippen LogP) is 1.44. The molecule has 0 fully saturated rings. The van der Waals surface area contributed by atoms with Crippen LogP contribution in [0.25, 0.3) is 0 Å². The fraction of sp³-hybridized carbons (Fsp3) is 0.500. The van der Waals surface area contributed by atoms with E-state index in [9.17, 15) is 9.59 Å². The molecular formula is C12H17NO4S. The Hall–Kier alpha value is -1.43. The predicted molar refractivity (Wildman–Crippen MR) is 69.1 cm³/mol. The van der Waals surface area contributed by atoms with Crippen molar-refractivity contribution in [1.29, 1.82) is 0 Å². The zero-order valence-electron chi connectivity index (χ0n) is 10.5. The van der Waals surface area contributed by atoms with Crippen LogP contribution in [0.2, 0.25) is 0 Å². The van der Waals surface area contributed by atoms with E-state index in [1.54, 1.807) is 25.3 Å². The van der Waals surface area contributed by atoms with Gasteiger partial charge in [0.25, 0.3) is 0 Å². The summed E-state index contributed by atoms with van der Waals surface area (Å²) in [6.45, 7) is 2.17. The van der Waals surface area contributed by atoms with Gasteiger partial charge in [0.1, 0.15) is 5.76 Å². The fourth-order valence-electron chi connectivity index (χ4n) is 1.25. The van der Waals surface area contributed by atoms with E-state index in [1.807, 2.05) is 0 Å². The minimum absolute atomic E-state index is 0.0755. The molecule has 0 saturated carbocycles. The molecule has 5 nitrogen and oxygen atoms in total. The Morgan fingerprint density at radius 1 is 1.56 bits per heavy atom. The molecular weight excluding hydrogens is 254 g/mol. The lowest BCUT2D eigenvalue weighted by molar-refractivity contribution is -0.144. The highest BCUT2D eigenvalue weighted by atomic mass is 32.2. The van der Waals surface area contributed by atoms with Crippen LogP contribution in [0.4, 0.5) is 0 Å². The molecule has 0 aromatic carbocycles. The lowest BCUT2D eigenvalue weighted by atomic mass is 10.2. The average Bonchev–Trinajstić information content (AvgIpc) is 2.88. The molecule has 0 radical (unpaired) electrons. The van der Waals surface area contributed by atoms with Crippen molar-refractivity contribution >= 4 is 23.6 Å². The van der Waals surface area contributed by atoms with Gasteiger partial charge in [0.05, 0.1) is 31.6 Å². The second-order valence-electron chi connectivity index (χ2n) is 3.80. The molecule has 1 amide bonds. The molecule has 1 unspecified atom stereocenters. The van der Waals surface area contributed by atoms with Crippen molar-refractivity contribution in [3.63, 3.8) is 0 Å². The zero-order valence-corrected chi connectivity index (χ0v) is 11.3. The van der Waals surface area contributed by atoms with E-state index in [-0.39, 0.29) is 17.8 Å². The third-order valence-electron chi connectivity index (χ3n) is 2.24. The number of thioether (sulfide) groups is 1. The van der Waals surface area contributed by atoms with Crippen LogP contribution < -0.4 is 5.32 Å². The fourth-order valence-corrected chi connectivity index (χ4v) is 2.14. The van der Waals surface area contributed by atoms with Crippen molar-refractivity contribution < 1.29 is 18.7 Å². The van der Waals surface area contributed by atoms with Gasteiger partial charge in [0, 0.05) is 5.75 Å². The van der Waals surface area contributed by atoms with Crippen LogP contribution in [-0.4, -0.2) is 30.5 Å². The Labute approximate surface area is 110 Å². The molecule has 1 N–H and O–H groups in total. The molecule has 1 rings (SSSR count). The van der Waals surface area contributed by atoms with Gasteiger partial charge in [-0.2, -0.15) is 11.8 Å². The summed E-state index contributed by atoms with van der Waals surface area (Å²) in [6, 6.07) is 3.57. The van der Waals surface area contributed by atoms with Gasteiger partial charge in [-0.1, -0.05) is 6.92 Å². The third kappa shape index (κ3) is 5.27. The van der Waals surface area contributed by atoms with Gasteiger partial charge < -0.3 is 14.5 Å². The van der Waals surface area contributed by atoms with Crippen LogP contribution in [0.5, 0.6) is 0 Å². The van der Waals surface area contributed by atoms with Crippen LogP contribution >= 0.6 is 11.8 Å². The maximum atomic E-state index is 11.5. The standard InChI is InChI=1S/C12H17NO4S/c1-9(12(15)16-2)7-18-8-11(14)13-6-10-4-3-5-17-10/h3-5,9H,6-8H2,1-2H3,(H,13,14). The number of hydrogen-bond donors (Lipinski definition) is 1. The summed E-state index contributed by atoms with van der Waals surface area (Å²) >= 11 is 1.41. The van der Waals surface area contributed by atoms with Gasteiger partial charge in [-0.05, 0) is 12.1 Å². The number of rotatable bonds is 7. The van der Waals surface area contributed by atoms with Crippen molar-refractivity contribution in [3.05, 3.63) is 24.2 Å². The summed E-state index contributed by atoms with van der Waals surface area (Å²) in [7, 11) is 1.36. The van der Waals surface area contributed by atoms with Gasteiger partial charge in [-0.15, -0.1) is 0 Å². The van der Waals surface area contributed by atoms with Gasteiger partial charge in [-0.3, -0.25) is 9.59 Å². The Morgan fingerprint density at radius 2 is 2.33 bits per heavy atom. The first-order chi connectivity index (χ1) is 8.63. The Bertz CT molecular complexity index is 377. The normalized spacial score (nSPS) is 11.9. The van der Waals surface area contributed by atoms with Crippen molar-refractivity contribution in [1.82, 2.24) is 5.32 Å². The molecule has 0 bridgehead atoms. The molecule has 1 aromatic heterocycles. The number of hydrogen-bond acceptors (Lipinski definition) is 5. The average molecular weight is 271 g/mol. The van der Waals surface area contributed by atoms with Crippen molar-refractivity contribution in [2.24, 2.45) is 5.92 Å². The Morgan fingerprint density at radius 3 is 2.94 bits per heavy atom. The zero-order chi connectivity index (χ0) is 13.4. The SMILES string of the molecule is COC(=O)C(C)CSCC(=O)NCc1ccco1. The molecule has 6 heteroatoms.